The Morgan fingerprint density at radius 2 is 1.76 bits per heavy atom. The van der Waals surface area contributed by atoms with Crippen LogP contribution >= 0.6 is 0 Å². The van der Waals surface area contributed by atoms with Gasteiger partial charge in [0, 0.05) is 13.1 Å². The van der Waals surface area contributed by atoms with E-state index in [0.717, 1.165) is 26.2 Å². The van der Waals surface area contributed by atoms with E-state index in [2.05, 4.69) is 25.7 Å². The second-order valence-corrected chi connectivity index (χ2v) is 6.01. The van der Waals surface area contributed by atoms with E-state index < -0.39 is 5.60 Å². The van der Waals surface area contributed by atoms with E-state index >= 15 is 0 Å². The van der Waals surface area contributed by atoms with E-state index in [9.17, 15) is 4.79 Å². The van der Waals surface area contributed by atoms with Gasteiger partial charge in [-0.1, -0.05) is 13.8 Å². The number of ether oxygens (including phenoxy) is 1. The number of carbonyl (C=O) groups excluding carboxylic acids is 1. The topological polar surface area (TPSA) is 32.8 Å². The lowest BCUT2D eigenvalue weighted by molar-refractivity contribution is -0.0530. The third kappa shape index (κ3) is 3.35. The minimum Gasteiger partial charge on any atom is -0.444 e. The summed E-state index contributed by atoms with van der Waals surface area (Å²) in [5, 5.41) is 0. The van der Waals surface area contributed by atoms with E-state index in [4.69, 9.17) is 4.74 Å². The van der Waals surface area contributed by atoms with Gasteiger partial charge in [0.2, 0.25) is 0 Å². The van der Waals surface area contributed by atoms with E-state index in [-0.39, 0.29) is 11.6 Å². The summed E-state index contributed by atoms with van der Waals surface area (Å²) in [6.07, 6.45) is -0.192. The van der Waals surface area contributed by atoms with Gasteiger partial charge < -0.3 is 9.64 Å². The van der Waals surface area contributed by atoms with Gasteiger partial charge in [-0.05, 0) is 40.8 Å². The first kappa shape index (κ1) is 14.3. The Balaban J connectivity index is 2.48. The summed E-state index contributed by atoms with van der Waals surface area (Å²) in [5.41, 5.74) is -0.279. The zero-order valence-corrected chi connectivity index (χ0v) is 12.0. The lowest BCUT2D eigenvalue weighted by atomic mass is 9.90. The molecule has 1 saturated heterocycles. The summed E-state index contributed by atoms with van der Waals surface area (Å²) >= 11 is 0. The van der Waals surface area contributed by atoms with Crippen LogP contribution < -0.4 is 0 Å². The Labute approximate surface area is 105 Å². The average molecular weight is 242 g/mol. The minimum absolute atomic E-state index is 0.125. The smallest absolute Gasteiger partial charge is 0.410 e. The molecule has 0 aromatic carbocycles. The lowest BCUT2D eigenvalue weighted by Crippen LogP contribution is -2.69. The number of hydrogen-bond donors (Lipinski definition) is 0. The largest absolute Gasteiger partial charge is 0.444 e. The molecule has 0 radical (unpaired) electrons. The molecule has 0 N–H and O–H groups in total. The molecule has 0 atom stereocenters. The Morgan fingerprint density at radius 3 is 2.12 bits per heavy atom. The molecule has 0 bridgehead atoms. The molecule has 0 aliphatic carbocycles. The molecule has 100 valence electrons. The first-order valence-electron chi connectivity index (χ1n) is 6.45. The average Bonchev–Trinajstić information content (AvgIpc) is 2.12. The molecule has 0 saturated carbocycles. The normalized spacial score (nSPS) is 19.1. The van der Waals surface area contributed by atoms with Crippen LogP contribution in [0.2, 0.25) is 0 Å². The van der Waals surface area contributed by atoms with Gasteiger partial charge in [0.05, 0.1) is 5.54 Å². The predicted molar refractivity (Wildman–Crippen MR) is 69.1 cm³/mol. The highest BCUT2D eigenvalue weighted by Gasteiger charge is 2.45. The van der Waals surface area contributed by atoms with Crippen molar-refractivity contribution in [3.63, 3.8) is 0 Å². The van der Waals surface area contributed by atoms with Crippen LogP contribution in [0.3, 0.4) is 0 Å². The quantitative estimate of drug-likeness (QED) is 0.761. The summed E-state index contributed by atoms with van der Waals surface area (Å²) in [5.74, 6) is 0. The molecule has 4 nitrogen and oxygen atoms in total. The van der Waals surface area contributed by atoms with E-state index in [1.54, 1.807) is 4.90 Å². The van der Waals surface area contributed by atoms with Gasteiger partial charge in [-0.2, -0.15) is 0 Å². The fourth-order valence-electron chi connectivity index (χ4n) is 2.42. The van der Waals surface area contributed by atoms with Crippen molar-refractivity contribution in [2.45, 2.75) is 52.7 Å². The Hall–Kier alpha value is -0.770. The van der Waals surface area contributed by atoms with Gasteiger partial charge in [0.1, 0.15) is 5.60 Å². The maximum absolute atomic E-state index is 11.8. The molecule has 0 spiro atoms. The van der Waals surface area contributed by atoms with Crippen LogP contribution in [0.25, 0.3) is 0 Å². The van der Waals surface area contributed by atoms with Crippen LogP contribution in [0, 0.1) is 0 Å². The van der Waals surface area contributed by atoms with Crippen molar-refractivity contribution < 1.29 is 9.53 Å². The highest BCUT2D eigenvalue weighted by molar-refractivity contribution is 5.69. The standard InChI is InChI=1S/C13H26N2O2/c1-7-15(8-2)13(6)9-14(10-13)11(16)17-12(3,4)5/h7-10H2,1-6H3. The maximum Gasteiger partial charge on any atom is 0.410 e. The van der Waals surface area contributed by atoms with Crippen LogP contribution in [-0.4, -0.2) is 53.2 Å². The van der Waals surface area contributed by atoms with Gasteiger partial charge >= 0.3 is 6.09 Å². The molecule has 0 aromatic heterocycles. The first-order valence-corrected chi connectivity index (χ1v) is 6.45. The van der Waals surface area contributed by atoms with Gasteiger partial charge in [0.25, 0.3) is 0 Å². The molecule has 4 heteroatoms. The molecule has 1 amide bonds. The summed E-state index contributed by atoms with van der Waals surface area (Å²) < 4.78 is 5.35. The van der Waals surface area contributed by atoms with Gasteiger partial charge in [-0.25, -0.2) is 4.79 Å². The van der Waals surface area contributed by atoms with Gasteiger partial charge in [0.15, 0.2) is 0 Å². The van der Waals surface area contributed by atoms with Crippen molar-refractivity contribution in [3.05, 3.63) is 0 Å². The Bertz CT molecular complexity index is 274. The lowest BCUT2D eigenvalue weighted by Gasteiger charge is -2.53. The fraction of sp³-hybridized carbons (Fsp3) is 0.923. The first-order chi connectivity index (χ1) is 7.72. The van der Waals surface area contributed by atoms with Crippen molar-refractivity contribution in [2.75, 3.05) is 26.2 Å². The number of likely N-dealkylation sites (N-methyl/N-ethyl adjacent to an activating group) is 1. The fourth-order valence-corrected chi connectivity index (χ4v) is 2.42. The minimum atomic E-state index is -0.404. The van der Waals surface area contributed by atoms with E-state index in [0.29, 0.717) is 0 Å². The number of likely N-dealkylation sites (tertiary alicyclic amines) is 1. The van der Waals surface area contributed by atoms with Crippen molar-refractivity contribution in [3.8, 4) is 0 Å². The molecule has 1 fully saturated rings. The number of rotatable bonds is 3. The molecule has 1 rings (SSSR count). The highest BCUT2D eigenvalue weighted by Crippen LogP contribution is 2.28. The number of amides is 1. The SMILES string of the molecule is CCN(CC)C1(C)CN(C(=O)OC(C)(C)C)C1. The molecular formula is C13H26N2O2. The van der Waals surface area contributed by atoms with Gasteiger partial charge in [-0.3, -0.25) is 4.90 Å². The van der Waals surface area contributed by atoms with Crippen molar-refractivity contribution in [1.29, 1.82) is 0 Å². The van der Waals surface area contributed by atoms with Crippen LogP contribution in [0.1, 0.15) is 41.5 Å². The summed E-state index contributed by atoms with van der Waals surface area (Å²) in [4.78, 5) is 16.0. The summed E-state index contributed by atoms with van der Waals surface area (Å²) in [6, 6.07) is 0. The van der Waals surface area contributed by atoms with Crippen LogP contribution in [0.4, 0.5) is 4.79 Å². The molecule has 1 aliphatic heterocycles. The maximum atomic E-state index is 11.8. The molecule has 17 heavy (non-hydrogen) atoms. The van der Waals surface area contributed by atoms with Crippen molar-refractivity contribution >= 4 is 6.09 Å². The second kappa shape index (κ2) is 4.84. The van der Waals surface area contributed by atoms with Crippen LogP contribution in [0.15, 0.2) is 0 Å². The number of carbonyl (C=O) groups is 1. The summed E-state index contributed by atoms with van der Waals surface area (Å²) in [6.45, 7) is 15.8. The molecule has 0 aromatic rings. The predicted octanol–water partition coefficient (Wildman–Crippen LogP) is 2.34. The Kier molecular flexibility index (Phi) is 4.07. The third-order valence-electron chi connectivity index (χ3n) is 3.24. The van der Waals surface area contributed by atoms with Gasteiger partial charge in [-0.15, -0.1) is 0 Å². The van der Waals surface area contributed by atoms with E-state index in [1.807, 2.05) is 20.8 Å². The monoisotopic (exact) mass is 242 g/mol. The molecular weight excluding hydrogens is 216 g/mol. The number of hydrogen-bond acceptors (Lipinski definition) is 3. The second-order valence-electron chi connectivity index (χ2n) is 6.01. The zero-order valence-electron chi connectivity index (χ0n) is 12.0. The molecule has 0 unspecified atom stereocenters. The van der Waals surface area contributed by atoms with E-state index in [1.165, 1.54) is 0 Å². The Morgan fingerprint density at radius 1 is 1.29 bits per heavy atom. The van der Waals surface area contributed by atoms with Crippen LogP contribution in [-0.2, 0) is 4.74 Å². The third-order valence-corrected chi connectivity index (χ3v) is 3.24. The molecule has 1 aliphatic rings. The van der Waals surface area contributed by atoms with Crippen molar-refractivity contribution in [1.82, 2.24) is 9.80 Å². The van der Waals surface area contributed by atoms with Crippen molar-refractivity contribution in [2.24, 2.45) is 0 Å². The molecule has 1 heterocycles. The zero-order chi connectivity index (χ0) is 13.3. The van der Waals surface area contributed by atoms with Crippen LogP contribution in [0.5, 0.6) is 0 Å². The number of nitrogens with zero attached hydrogens (tertiary/aromatic N) is 2. The highest BCUT2D eigenvalue weighted by atomic mass is 16.6. The summed E-state index contributed by atoms with van der Waals surface area (Å²) in [7, 11) is 0.